The van der Waals surface area contributed by atoms with Gasteiger partial charge in [-0.05, 0) is 58.6 Å². The molecule has 7 nitrogen and oxygen atoms in total. The summed E-state index contributed by atoms with van der Waals surface area (Å²) in [5.41, 5.74) is 1.74. The molecular formula is C28H41N5O2S. The van der Waals surface area contributed by atoms with Crippen LogP contribution in [0.15, 0.2) is 29.4 Å². The highest BCUT2D eigenvalue weighted by Gasteiger charge is 2.32. The van der Waals surface area contributed by atoms with Crippen LogP contribution >= 0.6 is 11.8 Å². The van der Waals surface area contributed by atoms with Crippen LogP contribution in [0.5, 0.6) is 0 Å². The van der Waals surface area contributed by atoms with E-state index in [9.17, 15) is 9.59 Å². The molecule has 2 aliphatic rings. The van der Waals surface area contributed by atoms with E-state index < -0.39 is 0 Å². The van der Waals surface area contributed by atoms with Gasteiger partial charge in [0.25, 0.3) is 5.91 Å². The molecule has 1 aromatic carbocycles. The Hall–Kier alpha value is -2.35. The van der Waals surface area contributed by atoms with Crippen molar-refractivity contribution in [3.63, 3.8) is 0 Å². The predicted molar refractivity (Wildman–Crippen MR) is 144 cm³/mol. The zero-order valence-corrected chi connectivity index (χ0v) is 22.9. The molecule has 1 aromatic heterocycles. The molecule has 36 heavy (non-hydrogen) atoms. The normalized spacial score (nSPS) is 18.1. The van der Waals surface area contributed by atoms with E-state index in [-0.39, 0.29) is 17.9 Å². The summed E-state index contributed by atoms with van der Waals surface area (Å²) in [5, 5.41) is 12.6. The summed E-state index contributed by atoms with van der Waals surface area (Å²) in [6.07, 6.45) is 12.1. The van der Waals surface area contributed by atoms with Crippen LogP contribution < -0.4 is 5.32 Å². The van der Waals surface area contributed by atoms with Gasteiger partial charge in [0.2, 0.25) is 5.91 Å². The molecule has 1 heterocycles. The number of rotatable bonds is 9. The maximum atomic E-state index is 13.6. The van der Waals surface area contributed by atoms with Crippen molar-refractivity contribution in [3.05, 3.63) is 41.2 Å². The lowest BCUT2D eigenvalue weighted by Gasteiger charge is -2.41. The molecule has 0 bridgehead atoms. The van der Waals surface area contributed by atoms with Gasteiger partial charge in [0.05, 0.1) is 11.8 Å². The van der Waals surface area contributed by atoms with Crippen molar-refractivity contribution >= 4 is 23.6 Å². The van der Waals surface area contributed by atoms with E-state index in [0.29, 0.717) is 35.8 Å². The van der Waals surface area contributed by atoms with Crippen LogP contribution in [0.1, 0.15) is 106 Å². The quantitative estimate of drug-likeness (QED) is 0.438. The van der Waals surface area contributed by atoms with Crippen molar-refractivity contribution in [1.82, 2.24) is 25.0 Å². The summed E-state index contributed by atoms with van der Waals surface area (Å²) in [6, 6.07) is 8.03. The average Bonchev–Trinajstić information content (AvgIpc) is 3.32. The third kappa shape index (κ3) is 6.50. The summed E-state index contributed by atoms with van der Waals surface area (Å²) in [4.78, 5) is 28.6. The average molecular weight is 512 g/mol. The van der Waals surface area contributed by atoms with Gasteiger partial charge in [-0.3, -0.25) is 9.59 Å². The maximum absolute atomic E-state index is 13.6. The molecule has 2 aromatic rings. The molecule has 2 saturated carbocycles. The van der Waals surface area contributed by atoms with Crippen LogP contribution in [0.4, 0.5) is 0 Å². The van der Waals surface area contributed by atoms with Gasteiger partial charge in [0.15, 0.2) is 11.0 Å². The number of nitrogens with zero attached hydrogens (tertiary/aromatic N) is 4. The summed E-state index contributed by atoms with van der Waals surface area (Å²) < 4.78 is 2.02. The van der Waals surface area contributed by atoms with Gasteiger partial charge in [-0.15, -0.1) is 10.2 Å². The lowest BCUT2D eigenvalue weighted by molar-refractivity contribution is -0.135. The van der Waals surface area contributed by atoms with E-state index in [0.717, 1.165) is 36.4 Å². The van der Waals surface area contributed by atoms with Crippen molar-refractivity contribution in [2.75, 3.05) is 5.75 Å². The molecule has 8 heteroatoms. The Morgan fingerprint density at radius 2 is 1.58 bits per heavy atom. The fourth-order valence-electron chi connectivity index (χ4n) is 5.70. The van der Waals surface area contributed by atoms with Crippen LogP contribution in [-0.2, 0) is 11.3 Å². The Kier molecular flexibility index (Phi) is 9.46. The molecule has 2 aliphatic carbocycles. The Labute approximate surface area is 219 Å². The number of nitrogens with one attached hydrogen (secondary N) is 1. The van der Waals surface area contributed by atoms with Gasteiger partial charge in [-0.1, -0.05) is 68.0 Å². The SMILES string of the molecule is CCn1c(SCC(=O)N(C2CCCCC2)C2CCCCC2)nnc1[C@@H](C)NC(=O)c1ccc(C)cc1. The Bertz CT molecular complexity index is 991. The second-order valence-corrected chi connectivity index (χ2v) is 11.3. The first-order valence-corrected chi connectivity index (χ1v) is 14.7. The fraction of sp³-hybridized carbons (Fsp3) is 0.643. The molecule has 1 N–H and O–H groups in total. The second kappa shape index (κ2) is 12.7. The summed E-state index contributed by atoms with van der Waals surface area (Å²) in [6.45, 7) is 6.65. The molecule has 1 atom stereocenters. The van der Waals surface area contributed by atoms with E-state index >= 15 is 0 Å². The van der Waals surface area contributed by atoms with Crippen molar-refractivity contribution in [3.8, 4) is 0 Å². The number of hydrogen-bond acceptors (Lipinski definition) is 5. The largest absolute Gasteiger partial charge is 0.342 e. The van der Waals surface area contributed by atoms with Gasteiger partial charge in [-0.2, -0.15) is 0 Å². The first-order valence-electron chi connectivity index (χ1n) is 13.7. The van der Waals surface area contributed by atoms with Gasteiger partial charge >= 0.3 is 0 Å². The van der Waals surface area contributed by atoms with Gasteiger partial charge in [0.1, 0.15) is 0 Å². The highest BCUT2D eigenvalue weighted by Crippen LogP contribution is 2.31. The Balaban J connectivity index is 1.41. The number of carbonyl (C=O) groups is 2. The summed E-state index contributed by atoms with van der Waals surface area (Å²) in [7, 11) is 0. The maximum Gasteiger partial charge on any atom is 0.251 e. The lowest BCUT2D eigenvalue weighted by atomic mass is 9.88. The van der Waals surface area contributed by atoms with E-state index in [1.54, 1.807) is 0 Å². The molecular weight excluding hydrogens is 470 g/mol. The molecule has 0 aliphatic heterocycles. The first kappa shape index (κ1) is 26.7. The van der Waals surface area contributed by atoms with Crippen molar-refractivity contribution in [2.45, 2.75) is 115 Å². The number of carbonyl (C=O) groups excluding carboxylic acids is 2. The van der Waals surface area contributed by atoms with E-state index in [2.05, 4.69) is 20.4 Å². The van der Waals surface area contributed by atoms with Crippen LogP contribution in [0, 0.1) is 6.92 Å². The van der Waals surface area contributed by atoms with Crippen LogP contribution in [-0.4, -0.2) is 49.3 Å². The molecule has 2 fully saturated rings. The second-order valence-electron chi connectivity index (χ2n) is 10.3. The first-order chi connectivity index (χ1) is 17.5. The number of benzene rings is 1. The number of hydrogen-bond donors (Lipinski definition) is 1. The highest BCUT2D eigenvalue weighted by atomic mass is 32.2. The van der Waals surface area contributed by atoms with Crippen LogP contribution in [0.3, 0.4) is 0 Å². The van der Waals surface area contributed by atoms with Crippen molar-refractivity contribution < 1.29 is 9.59 Å². The van der Waals surface area contributed by atoms with E-state index in [1.165, 1.54) is 50.3 Å². The molecule has 0 saturated heterocycles. The number of aromatic nitrogens is 3. The molecule has 0 unspecified atom stereocenters. The Morgan fingerprint density at radius 3 is 2.14 bits per heavy atom. The minimum atomic E-state index is -0.294. The van der Waals surface area contributed by atoms with Crippen molar-refractivity contribution in [1.29, 1.82) is 0 Å². The van der Waals surface area contributed by atoms with Gasteiger partial charge in [0, 0.05) is 24.2 Å². The van der Waals surface area contributed by atoms with Crippen LogP contribution in [0.2, 0.25) is 0 Å². The third-order valence-electron chi connectivity index (χ3n) is 7.66. The molecule has 2 amide bonds. The van der Waals surface area contributed by atoms with E-state index in [1.807, 2.05) is 49.6 Å². The third-order valence-corrected chi connectivity index (χ3v) is 8.61. The monoisotopic (exact) mass is 511 g/mol. The van der Waals surface area contributed by atoms with Gasteiger partial charge < -0.3 is 14.8 Å². The zero-order chi connectivity index (χ0) is 25.5. The highest BCUT2D eigenvalue weighted by molar-refractivity contribution is 7.99. The zero-order valence-electron chi connectivity index (χ0n) is 22.0. The smallest absolute Gasteiger partial charge is 0.251 e. The van der Waals surface area contributed by atoms with Crippen LogP contribution in [0.25, 0.3) is 0 Å². The van der Waals surface area contributed by atoms with E-state index in [4.69, 9.17) is 0 Å². The van der Waals surface area contributed by atoms with Gasteiger partial charge in [-0.25, -0.2) is 0 Å². The van der Waals surface area contributed by atoms with Crippen molar-refractivity contribution in [2.24, 2.45) is 0 Å². The summed E-state index contributed by atoms with van der Waals surface area (Å²) >= 11 is 1.48. The molecule has 0 spiro atoms. The standard InChI is InChI=1S/C28H41N5O2S/c1-4-32-26(21(3)29-27(35)22-17-15-20(2)16-18-22)30-31-28(32)36-19-25(34)33(23-11-7-5-8-12-23)24-13-9-6-10-14-24/h15-18,21,23-24H,4-14,19H2,1-3H3,(H,29,35)/t21-/m1/s1. The molecule has 0 radical (unpaired) electrons. The predicted octanol–water partition coefficient (Wildman–Crippen LogP) is 5.68. The molecule has 196 valence electrons. The minimum absolute atomic E-state index is 0.131. The number of amides is 2. The fourth-order valence-corrected chi connectivity index (χ4v) is 6.58. The summed E-state index contributed by atoms with van der Waals surface area (Å²) in [5.74, 6) is 1.21. The Morgan fingerprint density at radius 1 is 1.00 bits per heavy atom. The minimum Gasteiger partial charge on any atom is -0.342 e. The molecule has 4 rings (SSSR count). The number of thioether (sulfide) groups is 1. The topological polar surface area (TPSA) is 80.1 Å². The lowest BCUT2D eigenvalue weighted by Crippen LogP contribution is -2.49. The number of aryl methyl sites for hydroxylation is 1.